The van der Waals surface area contributed by atoms with E-state index < -0.39 is 0 Å². The Balaban J connectivity index is 1.89. The highest BCUT2D eigenvalue weighted by atomic mass is 16.5. The molecule has 1 heterocycles. The summed E-state index contributed by atoms with van der Waals surface area (Å²) in [5.74, 6) is 1.27. The Morgan fingerprint density at radius 3 is 3.05 bits per heavy atom. The van der Waals surface area contributed by atoms with Crippen molar-refractivity contribution in [2.75, 3.05) is 24.6 Å². The highest BCUT2D eigenvalue weighted by Crippen LogP contribution is 2.30. The number of ether oxygens (including phenoxy) is 1. The Morgan fingerprint density at radius 1 is 1.37 bits per heavy atom. The summed E-state index contributed by atoms with van der Waals surface area (Å²) in [7, 11) is 0. The van der Waals surface area contributed by atoms with Crippen LogP contribution in [0.3, 0.4) is 0 Å². The largest absolute Gasteiger partial charge is 0.491 e. The molecular formula is C14H21N3O2. The van der Waals surface area contributed by atoms with Crippen molar-refractivity contribution in [2.45, 2.75) is 25.7 Å². The summed E-state index contributed by atoms with van der Waals surface area (Å²) < 4.78 is 5.73. The number of hydrogen-bond acceptors (Lipinski definition) is 4. The minimum atomic E-state index is 0.305. The second-order valence-electron chi connectivity index (χ2n) is 4.71. The molecule has 0 spiro atoms. The maximum Gasteiger partial charge on any atom is 0.142 e. The van der Waals surface area contributed by atoms with E-state index in [1.54, 1.807) is 0 Å². The highest BCUT2D eigenvalue weighted by Gasteiger charge is 2.15. The van der Waals surface area contributed by atoms with Crippen LogP contribution in [0.4, 0.5) is 5.69 Å². The molecule has 1 aliphatic rings. The zero-order chi connectivity index (χ0) is 13.5. The zero-order valence-corrected chi connectivity index (χ0v) is 11.1. The average molecular weight is 263 g/mol. The summed E-state index contributed by atoms with van der Waals surface area (Å²) in [6, 6.07) is 8.16. The Hall–Kier alpha value is -1.91. The molecule has 5 heteroatoms. The molecule has 19 heavy (non-hydrogen) atoms. The molecule has 0 saturated carbocycles. The summed E-state index contributed by atoms with van der Waals surface area (Å²) >= 11 is 0. The molecule has 0 saturated heterocycles. The van der Waals surface area contributed by atoms with Gasteiger partial charge in [0.25, 0.3) is 0 Å². The molecule has 0 amide bonds. The van der Waals surface area contributed by atoms with Crippen LogP contribution in [0, 0.1) is 0 Å². The van der Waals surface area contributed by atoms with Gasteiger partial charge in [0, 0.05) is 19.5 Å². The van der Waals surface area contributed by atoms with Gasteiger partial charge in [0.1, 0.15) is 11.6 Å². The number of benzene rings is 1. The summed E-state index contributed by atoms with van der Waals surface area (Å²) in [5.41, 5.74) is 6.63. The fraction of sp³-hybridized carbons (Fsp3) is 0.500. The molecule has 1 aromatic rings. The van der Waals surface area contributed by atoms with E-state index in [1.165, 1.54) is 5.69 Å². The van der Waals surface area contributed by atoms with Crippen LogP contribution in [0.15, 0.2) is 29.4 Å². The van der Waals surface area contributed by atoms with E-state index in [2.05, 4.69) is 16.1 Å². The van der Waals surface area contributed by atoms with Gasteiger partial charge in [-0.1, -0.05) is 17.3 Å². The van der Waals surface area contributed by atoms with E-state index in [0.717, 1.165) is 44.7 Å². The Labute approximate surface area is 113 Å². The molecule has 104 valence electrons. The van der Waals surface area contributed by atoms with E-state index in [1.807, 2.05) is 18.2 Å². The van der Waals surface area contributed by atoms with Crippen molar-refractivity contribution in [3.05, 3.63) is 24.3 Å². The Bertz CT molecular complexity index is 434. The number of nitrogens with two attached hydrogens (primary N) is 1. The second-order valence-corrected chi connectivity index (χ2v) is 4.71. The van der Waals surface area contributed by atoms with Gasteiger partial charge >= 0.3 is 0 Å². The van der Waals surface area contributed by atoms with Gasteiger partial charge < -0.3 is 20.6 Å². The number of para-hydroxylation sites is 2. The van der Waals surface area contributed by atoms with Crippen LogP contribution in [-0.2, 0) is 0 Å². The van der Waals surface area contributed by atoms with Gasteiger partial charge in [-0.2, -0.15) is 0 Å². The van der Waals surface area contributed by atoms with Gasteiger partial charge in [-0.25, -0.2) is 0 Å². The smallest absolute Gasteiger partial charge is 0.142 e. The standard InChI is InChI=1S/C14H21N3O2/c15-14(16-18)8-3-4-9-17-10-5-11-19-13-7-2-1-6-12(13)17/h1-2,6-7,18H,3-5,8-11H2,(H2,15,16). The first-order valence-electron chi connectivity index (χ1n) is 6.74. The predicted molar refractivity (Wildman–Crippen MR) is 76.0 cm³/mol. The first kappa shape index (κ1) is 13.5. The number of hydrogen-bond donors (Lipinski definition) is 2. The summed E-state index contributed by atoms with van der Waals surface area (Å²) in [4.78, 5) is 2.36. The lowest BCUT2D eigenvalue weighted by Gasteiger charge is -2.23. The quantitative estimate of drug-likeness (QED) is 0.281. The van der Waals surface area contributed by atoms with Crippen LogP contribution in [0.25, 0.3) is 0 Å². The number of amidine groups is 1. The third-order valence-corrected chi connectivity index (χ3v) is 3.28. The van der Waals surface area contributed by atoms with Crippen molar-refractivity contribution >= 4 is 11.5 Å². The summed E-state index contributed by atoms with van der Waals surface area (Å²) in [5, 5.41) is 11.5. The van der Waals surface area contributed by atoms with Crippen LogP contribution in [0.1, 0.15) is 25.7 Å². The molecule has 0 atom stereocenters. The van der Waals surface area contributed by atoms with Crippen LogP contribution in [-0.4, -0.2) is 30.7 Å². The number of anilines is 1. The maximum atomic E-state index is 8.49. The van der Waals surface area contributed by atoms with Crippen molar-refractivity contribution in [1.29, 1.82) is 0 Å². The molecular weight excluding hydrogens is 242 g/mol. The monoisotopic (exact) mass is 263 g/mol. The normalized spacial score (nSPS) is 15.6. The molecule has 0 radical (unpaired) electrons. The number of rotatable bonds is 5. The minimum Gasteiger partial charge on any atom is -0.491 e. The van der Waals surface area contributed by atoms with E-state index >= 15 is 0 Å². The molecule has 0 bridgehead atoms. The van der Waals surface area contributed by atoms with Crippen LogP contribution in [0.5, 0.6) is 5.75 Å². The molecule has 0 unspecified atom stereocenters. The lowest BCUT2D eigenvalue weighted by Crippen LogP contribution is -2.25. The van der Waals surface area contributed by atoms with Crippen molar-refractivity contribution in [3.8, 4) is 5.75 Å². The SMILES string of the molecule is N/C(CCCCN1CCCOc2ccccc21)=N/O. The van der Waals surface area contributed by atoms with Gasteiger partial charge in [0.05, 0.1) is 12.3 Å². The Morgan fingerprint density at radius 2 is 2.21 bits per heavy atom. The van der Waals surface area contributed by atoms with E-state index in [4.69, 9.17) is 15.7 Å². The van der Waals surface area contributed by atoms with Crippen molar-refractivity contribution in [3.63, 3.8) is 0 Å². The fourth-order valence-electron chi connectivity index (χ4n) is 2.29. The molecule has 5 nitrogen and oxygen atoms in total. The first-order chi connectivity index (χ1) is 9.31. The molecule has 1 aliphatic heterocycles. The molecule has 3 N–H and O–H groups in total. The summed E-state index contributed by atoms with van der Waals surface area (Å²) in [6.07, 6.45) is 3.62. The van der Waals surface area contributed by atoms with Gasteiger partial charge in [-0.15, -0.1) is 0 Å². The summed E-state index contributed by atoms with van der Waals surface area (Å²) in [6.45, 7) is 2.76. The third kappa shape index (κ3) is 3.77. The van der Waals surface area contributed by atoms with Crippen molar-refractivity contribution < 1.29 is 9.94 Å². The van der Waals surface area contributed by atoms with Crippen LogP contribution >= 0.6 is 0 Å². The van der Waals surface area contributed by atoms with Gasteiger partial charge in [0.15, 0.2) is 0 Å². The predicted octanol–water partition coefficient (Wildman–Crippen LogP) is 2.19. The lowest BCUT2D eigenvalue weighted by molar-refractivity contribution is 0.316. The molecule has 1 aromatic carbocycles. The topological polar surface area (TPSA) is 71.1 Å². The van der Waals surface area contributed by atoms with Gasteiger partial charge in [0.2, 0.25) is 0 Å². The zero-order valence-electron chi connectivity index (χ0n) is 11.1. The van der Waals surface area contributed by atoms with E-state index in [9.17, 15) is 0 Å². The lowest BCUT2D eigenvalue weighted by atomic mass is 10.2. The van der Waals surface area contributed by atoms with Crippen molar-refractivity contribution in [1.82, 2.24) is 0 Å². The van der Waals surface area contributed by atoms with Crippen LogP contribution in [0.2, 0.25) is 0 Å². The second kappa shape index (κ2) is 6.87. The van der Waals surface area contributed by atoms with Crippen LogP contribution < -0.4 is 15.4 Å². The number of unbranched alkanes of at least 4 members (excludes halogenated alkanes) is 1. The van der Waals surface area contributed by atoms with Gasteiger partial charge in [-0.05, 0) is 31.4 Å². The first-order valence-corrected chi connectivity index (χ1v) is 6.74. The maximum absolute atomic E-state index is 8.49. The van der Waals surface area contributed by atoms with E-state index in [-0.39, 0.29) is 0 Å². The molecule has 0 aliphatic carbocycles. The van der Waals surface area contributed by atoms with Crippen molar-refractivity contribution in [2.24, 2.45) is 10.9 Å². The minimum absolute atomic E-state index is 0.305. The van der Waals surface area contributed by atoms with E-state index in [0.29, 0.717) is 12.3 Å². The van der Waals surface area contributed by atoms with Gasteiger partial charge in [-0.3, -0.25) is 0 Å². The Kier molecular flexibility index (Phi) is 4.89. The molecule has 0 aromatic heterocycles. The number of nitrogens with zero attached hydrogens (tertiary/aromatic N) is 2. The third-order valence-electron chi connectivity index (χ3n) is 3.28. The number of fused-ring (bicyclic) bond motifs is 1. The highest BCUT2D eigenvalue weighted by molar-refractivity contribution is 5.79. The molecule has 2 rings (SSSR count). The molecule has 0 fully saturated rings. The fourth-order valence-corrected chi connectivity index (χ4v) is 2.29. The average Bonchev–Trinajstić information content (AvgIpc) is 2.66. The number of oxime groups is 1.